The van der Waals surface area contributed by atoms with E-state index >= 15 is 0 Å². The number of hydrogen-bond donors (Lipinski definition) is 1. The minimum Gasteiger partial charge on any atom is -0.492 e. The number of unbranched alkanes of at least 4 members (excludes halogenated alkanes) is 1. The lowest BCUT2D eigenvalue weighted by Crippen LogP contribution is -2.41. The fraction of sp³-hybridized carbons (Fsp3) is 0.533. The van der Waals surface area contributed by atoms with Gasteiger partial charge in [0.05, 0.1) is 6.54 Å². The van der Waals surface area contributed by atoms with Crippen molar-refractivity contribution in [3.63, 3.8) is 0 Å². The Morgan fingerprint density at radius 1 is 1.30 bits per heavy atom. The standard InChI is InChI=1S/C15H25N3O.HI/c1-4-5-12-18(3)15(16-2)17-11-13-19-14-9-7-6-8-10-14;/h6-10H,4-5,11-13H2,1-3H3,(H,16,17);1H. The van der Waals surface area contributed by atoms with E-state index in [1.165, 1.54) is 12.8 Å². The van der Waals surface area contributed by atoms with E-state index in [0.29, 0.717) is 6.61 Å². The monoisotopic (exact) mass is 391 g/mol. The second kappa shape index (κ2) is 11.8. The molecule has 0 aromatic heterocycles. The van der Waals surface area contributed by atoms with Crippen LogP contribution in [0.4, 0.5) is 0 Å². The van der Waals surface area contributed by atoms with Crippen LogP contribution < -0.4 is 10.1 Å². The third-order valence-electron chi connectivity index (χ3n) is 2.82. The third kappa shape index (κ3) is 7.57. The Kier molecular flexibility index (Phi) is 11.2. The van der Waals surface area contributed by atoms with Crippen LogP contribution in [0.2, 0.25) is 0 Å². The van der Waals surface area contributed by atoms with Crippen molar-refractivity contribution in [2.24, 2.45) is 4.99 Å². The quantitative estimate of drug-likeness (QED) is 0.336. The van der Waals surface area contributed by atoms with E-state index in [4.69, 9.17) is 4.74 Å². The second-order valence-electron chi connectivity index (χ2n) is 4.41. The molecule has 1 rings (SSSR count). The molecule has 0 aliphatic rings. The Hall–Kier alpha value is -0.980. The average molecular weight is 391 g/mol. The Bertz CT molecular complexity index is 371. The molecule has 0 bridgehead atoms. The van der Waals surface area contributed by atoms with Crippen molar-refractivity contribution in [3.8, 4) is 5.75 Å². The van der Waals surface area contributed by atoms with Crippen molar-refractivity contribution in [2.75, 3.05) is 33.8 Å². The van der Waals surface area contributed by atoms with Gasteiger partial charge in [-0.1, -0.05) is 31.5 Å². The van der Waals surface area contributed by atoms with Crippen molar-refractivity contribution < 1.29 is 4.74 Å². The number of nitrogens with one attached hydrogen (secondary N) is 1. The molecule has 1 aromatic rings. The molecule has 5 heteroatoms. The van der Waals surface area contributed by atoms with Crippen molar-refractivity contribution in [1.29, 1.82) is 0 Å². The van der Waals surface area contributed by atoms with E-state index in [1.54, 1.807) is 0 Å². The van der Waals surface area contributed by atoms with Gasteiger partial charge in [0.1, 0.15) is 12.4 Å². The van der Waals surface area contributed by atoms with Gasteiger partial charge in [0.25, 0.3) is 0 Å². The minimum absolute atomic E-state index is 0. The molecule has 0 amide bonds. The Labute approximate surface area is 139 Å². The third-order valence-corrected chi connectivity index (χ3v) is 2.82. The molecule has 0 unspecified atom stereocenters. The smallest absolute Gasteiger partial charge is 0.193 e. The maximum atomic E-state index is 5.63. The Morgan fingerprint density at radius 3 is 2.60 bits per heavy atom. The van der Waals surface area contributed by atoms with Crippen LogP contribution in [0.25, 0.3) is 0 Å². The van der Waals surface area contributed by atoms with Crippen LogP contribution in [-0.2, 0) is 0 Å². The molecule has 0 radical (unpaired) electrons. The SMILES string of the molecule is CCCCN(C)C(=NC)NCCOc1ccccc1.I. The molecule has 0 fully saturated rings. The maximum Gasteiger partial charge on any atom is 0.193 e. The lowest BCUT2D eigenvalue weighted by Gasteiger charge is -2.21. The average Bonchev–Trinajstić information content (AvgIpc) is 2.46. The van der Waals surface area contributed by atoms with Crippen molar-refractivity contribution in [1.82, 2.24) is 10.2 Å². The Morgan fingerprint density at radius 2 is 2.00 bits per heavy atom. The second-order valence-corrected chi connectivity index (χ2v) is 4.41. The van der Waals surface area contributed by atoms with E-state index < -0.39 is 0 Å². The first-order chi connectivity index (χ1) is 9.27. The number of halogens is 1. The molecule has 1 aromatic carbocycles. The van der Waals surface area contributed by atoms with Gasteiger partial charge in [0.2, 0.25) is 0 Å². The minimum atomic E-state index is 0. The molecule has 0 spiro atoms. The molecule has 20 heavy (non-hydrogen) atoms. The zero-order valence-corrected chi connectivity index (χ0v) is 15.0. The maximum absolute atomic E-state index is 5.63. The first-order valence-electron chi connectivity index (χ1n) is 6.87. The molecule has 0 aliphatic carbocycles. The number of guanidine groups is 1. The summed E-state index contributed by atoms with van der Waals surface area (Å²) in [7, 11) is 3.87. The summed E-state index contributed by atoms with van der Waals surface area (Å²) in [6.45, 7) is 4.59. The molecule has 0 atom stereocenters. The van der Waals surface area contributed by atoms with E-state index in [0.717, 1.165) is 24.8 Å². The normalized spacial score (nSPS) is 10.7. The molecule has 0 saturated carbocycles. The van der Waals surface area contributed by atoms with Gasteiger partial charge in [0.15, 0.2) is 5.96 Å². The van der Waals surface area contributed by atoms with Crippen LogP contribution in [0.3, 0.4) is 0 Å². The summed E-state index contributed by atoms with van der Waals surface area (Å²) in [4.78, 5) is 6.41. The van der Waals surface area contributed by atoms with Crippen LogP contribution in [0, 0.1) is 0 Å². The summed E-state index contributed by atoms with van der Waals surface area (Å²) in [5.41, 5.74) is 0. The molecular formula is C15H26IN3O. The highest BCUT2D eigenvalue weighted by Gasteiger charge is 2.03. The highest BCUT2D eigenvalue weighted by molar-refractivity contribution is 14.0. The number of hydrogen-bond acceptors (Lipinski definition) is 2. The summed E-state index contributed by atoms with van der Waals surface area (Å²) in [6, 6.07) is 9.85. The summed E-state index contributed by atoms with van der Waals surface area (Å²) in [5, 5.41) is 3.30. The molecule has 0 saturated heterocycles. The number of rotatable bonds is 7. The lowest BCUT2D eigenvalue weighted by molar-refractivity contribution is 0.319. The molecule has 4 nitrogen and oxygen atoms in total. The highest BCUT2D eigenvalue weighted by atomic mass is 127. The van der Waals surface area contributed by atoms with Crippen LogP contribution in [-0.4, -0.2) is 44.7 Å². The van der Waals surface area contributed by atoms with Gasteiger partial charge in [-0.15, -0.1) is 24.0 Å². The fourth-order valence-corrected chi connectivity index (χ4v) is 1.73. The number of para-hydroxylation sites is 1. The zero-order valence-electron chi connectivity index (χ0n) is 12.6. The lowest BCUT2D eigenvalue weighted by atomic mass is 10.3. The topological polar surface area (TPSA) is 36.9 Å². The molecule has 0 heterocycles. The number of aliphatic imine (C=N–C) groups is 1. The van der Waals surface area contributed by atoms with Crippen molar-refractivity contribution in [3.05, 3.63) is 30.3 Å². The van der Waals surface area contributed by atoms with E-state index in [2.05, 4.69) is 29.2 Å². The molecule has 114 valence electrons. The van der Waals surface area contributed by atoms with E-state index in [-0.39, 0.29) is 24.0 Å². The highest BCUT2D eigenvalue weighted by Crippen LogP contribution is 2.07. The van der Waals surface area contributed by atoms with Gasteiger partial charge in [-0.05, 0) is 18.6 Å². The van der Waals surface area contributed by atoms with Gasteiger partial charge < -0.3 is 15.0 Å². The van der Waals surface area contributed by atoms with Gasteiger partial charge in [0, 0.05) is 20.6 Å². The van der Waals surface area contributed by atoms with Gasteiger partial charge in [-0.3, -0.25) is 4.99 Å². The van der Waals surface area contributed by atoms with Crippen LogP contribution in [0.15, 0.2) is 35.3 Å². The number of ether oxygens (including phenoxy) is 1. The summed E-state index contributed by atoms with van der Waals surface area (Å²) in [5.74, 6) is 1.82. The van der Waals surface area contributed by atoms with E-state index in [9.17, 15) is 0 Å². The van der Waals surface area contributed by atoms with Gasteiger partial charge >= 0.3 is 0 Å². The summed E-state index contributed by atoms with van der Waals surface area (Å²) in [6.07, 6.45) is 2.37. The van der Waals surface area contributed by atoms with E-state index in [1.807, 2.05) is 37.4 Å². The van der Waals surface area contributed by atoms with Gasteiger partial charge in [-0.25, -0.2) is 0 Å². The predicted molar refractivity (Wildman–Crippen MR) is 96.3 cm³/mol. The first-order valence-corrected chi connectivity index (χ1v) is 6.87. The molecule has 1 N–H and O–H groups in total. The predicted octanol–water partition coefficient (Wildman–Crippen LogP) is 2.99. The zero-order chi connectivity index (χ0) is 13.9. The van der Waals surface area contributed by atoms with Crippen LogP contribution in [0.5, 0.6) is 5.75 Å². The fourth-order valence-electron chi connectivity index (χ4n) is 1.73. The Balaban J connectivity index is 0.00000361. The van der Waals surface area contributed by atoms with Gasteiger partial charge in [-0.2, -0.15) is 0 Å². The largest absolute Gasteiger partial charge is 0.492 e. The van der Waals surface area contributed by atoms with Crippen LogP contribution in [0.1, 0.15) is 19.8 Å². The number of nitrogens with zero attached hydrogens (tertiary/aromatic N) is 2. The molecule has 0 aliphatic heterocycles. The van der Waals surface area contributed by atoms with Crippen LogP contribution >= 0.6 is 24.0 Å². The first kappa shape index (κ1) is 19.0. The summed E-state index contributed by atoms with van der Waals surface area (Å²) >= 11 is 0. The molecular weight excluding hydrogens is 365 g/mol. The van der Waals surface area contributed by atoms with Crippen molar-refractivity contribution >= 4 is 29.9 Å². The van der Waals surface area contributed by atoms with Crippen molar-refractivity contribution in [2.45, 2.75) is 19.8 Å². The number of benzene rings is 1. The summed E-state index contributed by atoms with van der Waals surface area (Å²) < 4.78 is 5.63.